The molecule has 2 aromatic rings. The Bertz CT molecular complexity index is 511. The van der Waals surface area contributed by atoms with Crippen LogP contribution in [0.15, 0.2) is 18.3 Å². The normalized spacial score (nSPS) is 12.5. The maximum absolute atomic E-state index is 6.18. The molecule has 2 rings (SSSR count). The summed E-state index contributed by atoms with van der Waals surface area (Å²) in [6.07, 6.45) is 1.70. The van der Waals surface area contributed by atoms with Gasteiger partial charge in [0.05, 0.1) is 36.8 Å². The zero-order chi connectivity index (χ0) is 12.4. The summed E-state index contributed by atoms with van der Waals surface area (Å²) in [6, 6.07) is 3.75. The van der Waals surface area contributed by atoms with Crippen molar-refractivity contribution in [2.45, 2.75) is 19.9 Å². The van der Waals surface area contributed by atoms with Gasteiger partial charge < -0.3 is 10.5 Å². The van der Waals surface area contributed by atoms with E-state index in [9.17, 15) is 0 Å². The third kappa shape index (κ3) is 2.16. The monoisotopic (exact) mass is 249 g/mol. The SMILES string of the molecule is COc1c(C(N)c2cnsn2)ccc(C)c1C. The average Bonchev–Trinajstić information content (AvgIpc) is 2.85. The Morgan fingerprint density at radius 3 is 2.71 bits per heavy atom. The van der Waals surface area contributed by atoms with Crippen LogP contribution in [-0.4, -0.2) is 15.9 Å². The van der Waals surface area contributed by atoms with Crippen LogP contribution >= 0.6 is 11.7 Å². The Morgan fingerprint density at radius 2 is 2.12 bits per heavy atom. The van der Waals surface area contributed by atoms with E-state index in [2.05, 4.69) is 15.7 Å². The van der Waals surface area contributed by atoms with E-state index in [-0.39, 0.29) is 6.04 Å². The molecule has 1 aromatic heterocycles. The van der Waals surface area contributed by atoms with Gasteiger partial charge in [-0.3, -0.25) is 0 Å². The van der Waals surface area contributed by atoms with Gasteiger partial charge in [-0.2, -0.15) is 8.75 Å². The molecule has 1 aromatic carbocycles. The molecule has 0 amide bonds. The highest BCUT2D eigenvalue weighted by atomic mass is 32.1. The van der Waals surface area contributed by atoms with E-state index in [1.165, 1.54) is 5.56 Å². The van der Waals surface area contributed by atoms with Crippen molar-refractivity contribution >= 4 is 11.7 Å². The lowest BCUT2D eigenvalue weighted by Gasteiger charge is -2.17. The van der Waals surface area contributed by atoms with Crippen LogP contribution in [0.3, 0.4) is 0 Å². The van der Waals surface area contributed by atoms with Crippen LogP contribution in [0.4, 0.5) is 0 Å². The van der Waals surface area contributed by atoms with Crippen LogP contribution in [0.25, 0.3) is 0 Å². The van der Waals surface area contributed by atoms with E-state index < -0.39 is 0 Å². The second kappa shape index (κ2) is 4.81. The number of nitrogens with zero attached hydrogens (tertiary/aromatic N) is 2. The summed E-state index contributed by atoms with van der Waals surface area (Å²) < 4.78 is 13.6. The second-order valence-electron chi connectivity index (χ2n) is 3.94. The fourth-order valence-electron chi connectivity index (χ4n) is 1.80. The van der Waals surface area contributed by atoms with Crippen molar-refractivity contribution in [2.24, 2.45) is 5.73 Å². The van der Waals surface area contributed by atoms with Crippen molar-refractivity contribution in [2.75, 3.05) is 7.11 Å². The molecule has 1 heterocycles. The molecular weight excluding hydrogens is 234 g/mol. The molecule has 0 spiro atoms. The zero-order valence-corrected chi connectivity index (χ0v) is 10.9. The van der Waals surface area contributed by atoms with Gasteiger partial charge in [0.25, 0.3) is 0 Å². The van der Waals surface area contributed by atoms with Gasteiger partial charge in [-0.15, -0.1) is 0 Å². The summed E-state index contributed by atoms with van der Waals surface area (Å²) in [5, 5.41) is 0. The van der Waals surface area contributed by atoms with Gasteiger partial charge in [0.2, 0.25) is 0 Å². The Hall–Kier alpha value is -1.46. The maximum atomic E-state index is 6.18. The van der Waals surface area contributed by atoms with Crippen LogP contribution in [0.5, 0.6) is 5.75 Å². The summed E-state index contributed by atoms with van der Waals surface area (Å²) in [5.41, 5.74) is 10.2. The predicted octanol–water partition coefficient (Wildman–Crippen LogP) is 2.21. The summed E-state index contributed by atoms with van der Waals surface area (Å²) in [6.45, 7) is 4.08. The lowest BCUT2D eigenvalue weighted by molar-refractivity contribution is 0.404. The fourth-order valence-corrected chi connectivity index (χ4v) is 2.25. The van der Waals surface area contributed by atoms with E-state index >= 15 is 0 Å². The van der Waals surface area contributed by atoms with Gasteiger partial charge in [-0.25, -0.2) is 0 Å². The number of hydrogen-bond acceptors (Lipinski definition) is 5. The van der Waals surface area contributed by atoms with Gasteiger partial charge in [0.1, 0.15) is 5.75 Å². The molecule has 0 aliphatic carbocycles. The van der Waals surface area contributed by atoms with E-state index in [1.807, 2.05) is 19.1 Å². The first-order chi connectivity index (χ1) is 8.15. The lowest BCUT2D eigenvalue weighted by atomic mass is 9.98. The first-order valence-electron chi connectivity index (χ1n) is 5.32. The molecule has 4 nitrogen and oxygen atoms in total. The Morgan fingerprint density at radius 1 is 1.35 bits per heavy atom. The quantitative estimate of drug-likeness (QED) is 0.906. The summed E-state index contributed by atoms with van der Waals surface area (Å²) in [4.78, 5) is 0. The van der Waals surface area contributed by atoms with Gasteiger partial charge in [-0.1, -0.05) is 12.1 Å². The molecular formula is C12H15N3OS. The molecule has 0 saturated carbocycles. The molecule has 0 saturated heterocycles. The lowest BCUT2D eigenvalue weighted by Crippen LogP contribution is -2.14. The van der Waals surface area contributed by atoms with E-state index in [0.29, 0.717) is 0 Å². The Balaban J connectivity index is 2.49. The first kappa shape index (κ1) is 12.0. The van der Waals surface area contributed by atoms with Gasteiger partial charge in [-0.05, 0) is 25.0 Å². The predicted molar refractivity (Wildman–Crippen MR) is 68.4 cm³/mol. The molecule has 2 N–H and O–H groups in total. The molecule has 90 valence electrons. The molecule has 0 aliphatic rings. The molecule has 1 atom stereocenters. The topological polar surface area (TPSA) is 61.0 Å². The largest absolute Gasteiger partial charge is 0.496 e. The highest BCUT2D eigenvalue weighted by molar-refractivity contribution is 6.99. The molecule has 0 radical (unpaired) electrons. The Labute approximate surface area is 105 Å². The van der Waals surface area contributed by atoms with Gasteiger partial charge in [0, 0.05) is 5.56 Å². The average molecular weight is 249 g/mol. The van der Waals surface area contributed by atoms with Crippen molar-refractivity contribution < 1.29 is 4.74 Å². The number of nitrogens with two attached hydrogens (primary N) is 1. The molecule has 0 fully saturated rings. The number of ether oxygens (including phenoxy) is 1. The summed E-state index contributed by atoms with van der Waals surface area (Å²) >= 11 is 1.16. The standard InChI is InChI=1S/C12H15N3OS/c1-7-4-5-9(12(16-3)8(7)2)11(13)10-6-14-17-15-10/h4-6,11H,13H2,1-3H3. The molecule has 17 heavy (non-hydrogen) atoms. The highest BCUT2D eigenvalue weighted by Gasteiger charge is 2.18. The number of methoxy groups -OCH3 is 1. The smallest absolute Gasteiger partial charge is 0.127 e. The molecule has 5 heteroatoms. The molecule has 0 aliphatic heterocycles. The van der Waals surface area contributed by atoms with Gasteiger partial charge >= 0.3 is 0 Å². The maximum Gasteiger partial charge on any atom is 0.127 e. The minimum absolute atomic E-state index is 0.289. The fraction of sp³-hybridized carbons (Fsp3) is 0.333. The minimum atomic E-state index is -0.289. The highest BCUT2D eigenvalue weighted by Crippen LogP contribution is 2.32. The van der Waals surface area contributed by atoms with Crippen LogP contribution in [0.2, 0.25) is 0 Å². The molecule has 1 unspecified atom stereocenters. The van der Waals surface area contributed by atoms with Crippen LogP contribution in [0.1, 0.15) is 28.4 Å². The number of rotatable bonds is 3. The van der Waals surface area contributed by atoms with E-state index in [1.54, 1.807) is 13.3 Å². The number of aromatic nitrogens is 2. The summed E-state index contributed by atoms with van der Waals surface area (Å²) in [5.74, 6) is 0.838. The molecule has 0 bridgehead atoms. The number of benzene rings is 1. The third-order valence-corrected chi connectivity index (χ3v) is 3.44. The van der Waals surface area contributed by atoms with E-state index in [0.717, 1.165) is 34.3 Å². The van der Waals surface area contributed by atoms with Crippen molar-refractivity contribution in [3.63, 3.8) is 0 Å². The summed E-state index contributed by atoms with van der Waals surface area (Å²) in [7, 11) is 1.66. The van der Waals surface area contributed by atoms with Crippen LogP contribution < -0.4 is 10.5 Å². The van der Waals surface area contributed by atoms with Crippen molar-refractivity contribution in [3.05, 3.63) is 40.7 Å². The Kier molecular flexibility index (Phi) is 3.40. The van der Waals surface area contributed by atoms with Crippen molar-refractivity contribution in [1.82, 2.24) is 8.75 Å². The number of hydrogen-bond donors (Lipinski definition) is 1. The van der Waals surface area contributed by atoms with Crippen molar-refractivity contribution in [1.29, 1.82) is 0 Å². The first-order valence-corrected chi connectivity index (χ1v) is 6.05. The van der Waals surface area contributed by atoms with Gasteiger partial charge in [0.15, 0.2) is 0 Å². The minimum Gasteiger partial charge on any atom is -0.496 e. The number of aryl methyl sites for hydroxylation is 1. The zero-order valence-electron chi connectivity index (χ0n) is 10.1. The van der Waals surface area contributed by atoms with Crippen LogP contribution in [-0.2, 0) is 0 Å². The third-order valence-electron chi connectivity index (χ3n) is 2.94. The van der Waals surface area contributed by atoms with E-state index in [4.69, 9.17) is 10.5 Å². The van der Waals surface area contributed by atoms with Crippen LogP contribution in [0, 0.1) is 13.8 Å². The van der Waals surface area contributed by atoms with Crippen molar-refractivity contribution in [3.8, 4) is 5.75 Å². The second-order valence-corrected chi connectivity index (χ2v) is 4.50.